The highest BCUT2D eigenvalue weighted by molar-refractivity contribution is 5.96. The first-order chi connectivity index (χ1) is 16.0. The smallest absolute Gasteiger partial charge is 0.374 e. The van der Waals surface area contributed by atoms with Crippen LogP contribution in [-0.4, -0.2) is 42.4 Å². The molecule has 0 bridgehead atoms. The van der Waals surface area contributed by atoms with E-state index in [1.165, 1.54) is 24.3 Å². The second kappa shape index (κ2) is 9.85. The highest BCUT2D eigenvalue weighted by Gasteiger charge is 2.31. The summed E-state index contributed by atoms with van der Waals surface area (Å²) in [5, 5.41) is 0.671. The molecule has 0 aliphatic carbocycles. The van der Waals surface area contributed by atoms with E-state index in [0.29, 0.717) is 41.5 Å². The first kappa shape index (κ1) is 22.5. The molecule has 1 aliphatic rings. The number of carbonyl (C=O) groups is 3. The summed E-state index contributed by atoms with van der Waals surface area (Å²) in [5.74, 6) is -2.21. The van der Waals surface area contributed by atoms with Crippen molar-refractivity contribution in [3.05, 3.63) is 71.2 Å². The van der Waals surface area contributed by atoms with Crippen LogP contribution in [0.25, 0.3) is 11.0 Å². The van der Waals surface area contributed by atoms with E-state index < -0.39 is 23.7 Å². The lowest BCUT2D eigenvalue weighted by Crippen LogP contribution is -2.42. The third-order valence-corrected chi connectivity index (χ3v) is 5.65. The molecule has 1 aliphatic heterocycles. The standard InChI is InChI=1S/C25H24FNO6/c1-2-31-25(30)22-20(19-7-3-4-8-21(19)33-22)15-32-24(29)17-6-5-13-27(14-17)23(28)16-9-11-18(26)12-10-16/h3-4,7-12,17H,2,5-6,13-15H2,1H3. The van der Waals surface area contributed by atoms with Crippen LogP contribution >= 0.6 is 0 Å². The molecule has 0 N–H and O–H groups in total. The number of furan rings is 1. The van der Waals surface area contributed by atoms with Gasteiger partial charge in [0, 0.05) is 24.0 Å². The third-order valence-electron chi connectivity index (χ3n) is 5.65. The highest BCUT2D eigenvalue weighted by atomic mass is 19.1. The monoisotopic (exact) mass is 453 g/mol. The minimum atomic E-state index is -0.617. The average molecular weight is 453 g/mol. The fourth-order valence-corrected chi connectivity index (χ4v) is 3.99. The number of carbonyl (C=O) groups excluding carboxylic acids is 3. The van der Waals surface area contributed by atoms with Crippen molar-refractivity contribution in [2.24, 2.45) is 5.92 Å². The lowest BCUT2D eigenvalue weighted by molar-refractivity contribution is -0.151. The van der Waals surface area contributed by atoms with Gasteiger partial charge in [-0.15, -0.1) is 0 Å². The summed E-state index contributed by atoms with van der Waals surface area (Å²) in [7, 11) is 0. The van der Waals surface area contributed by atoms with Gasteiger partial charge < -0.3 is 18.8 Å². The predicted octanol–water partition coefficient (Wildman–Crippen LogP) is 4.34. The fourth-order valence-electron chi connectivity index (χ4n) is 3.99. The Morgan fingerprint density at radius 2 is 1.85 bits per heavy atom. The molecule has 7 nitrogen and oxygen atoms in total. The number of amides is 1. The SMILES string of the molecule is CCOC(=O)c1oc2ccccc2c1COC(=O)C1CCCN(C(=O)c2ccc(F)cc2)C1. The highest BCUT2D eigenvalue weighted by Crippen LogP contribution is 2.28. The zero-order chi connectivity index (χ0) is 23.4. The molecule has 0 saturated carbocycles. The number of nitrogens with zero attached hydrogens (tertiary/aromatic N) is 1. The van der Waals surface area contributed by atoms with Crippen LogP contribution in [0, 0.1) is 11.7 Å². The van der Waals surface area contributed by atoms with Gasteiger partial charge in [0.2, 0.25) is 5.76 Å². The van der Waals surface area contributed by atoms with Gasteiger partial charge in [-0.3, -0.25) is 9.59 Å². The van der Waals surface area contributed by atoms with Crippen LogP contribution in [0.15, 0.2) is 52.9 Å². The predicted molar refractivity (Wildman–Crippen MR) is 117 cm³/mol. The van der Waals surface area contributed by atoms with Gasteiger partial charge in [0.25, 0.3) is 5.91 Å². The summed E-state index contributed by atoms with van der Waals surface area (Å²) in [6, 6.07) is 12.4. The van der Waals surface area contributed by atoms with E-state index in [4.69, 9.17) is 13.9 Å². The minimum Gasteiger partial charge on any atom is -0.460 e. The number of esters is 2. The zero-order valence-corrected chi connectivity index (χ0v) is 18.2. The van der Waals surface area contributed by atoms with Crippen molar-refractivity contribution < 1.29 is 32.7 Å². The number of piperidine rings is 1. The van der Waals surface area contributed by atoms with E-state index in [1.807, 2.05) is 0 Å². The normalized spacial score (nSPS) is 15.9. The molecule has 0 spiro atoms. The number of para-hydroxylation sites is 1. The molecule has 8 heteroatoms. The maximum absolute atomic E-state index is 13.2. The van der Waals surface area contributed by atoms with E-state index in [9.17, 15) is 18.8 Å². The molecular weight excluding hydrogens is 429 g/mol. The van der Waals surface area contributed by atoms with Crippen LogP contribution in [0.1, 0.15) is 46.2 Å². The second-order valence-electron chi connectivity index (χ2n) is 7.83. The van der Waals surface area contributed by atoms with Gasteiger partial charge >= 0.3 is 11.9 Å². The average Bonchev–Trinajstić information content (AvgIpc) is 3.21. The molecule has 3 aromatic rings. The van der Waals surface area contributed by atoms with Crippen LogP contribution in [0.2, 0.25) is 0 Å². The van der Waals surface area contributed by atoms with E-state index in [0.717, 1.165) is 0 Å². The second-order valence-corrected chi connectivity index (χ2v) is 7.83. The van der Waals surface area contributed by atoms with Crippen molar-refractivity contribution in [3.63, 3.8) is 0 Å². The van der Waals surface area contributed by atoms with Gasteiger partial charge in [-0.2, -0.15) is 0 Å². The summed E-state index contributed by atoms with van der Waals surface area (Å²) < 4.78 is 29.4. The van der Waals surface area contributed by atoms with Crippen LogP contribution in [0.3, 0.4) is 0 Å². The molecule has 33 heavy (non-hydrogen) atoms. The molecule has 1 atom stereocenters. The first-order valence-electron chi connectivity index (χ1n) is 10.9. The Morgan fingerprint density at radius 1 is 1.09 bits per heavy atom. The maximum atomic E-state index is 13.2. The number of likely N-dealkylation sites (tertiary alicyclic amines) is 1. The van der Waals surface area contributed by atoms with Gasteiger partial charge in [-0.05, 0) is 50.1 Å². The molecule has 1 amide bonds. The van der Waals surface area contributed by atoms with Crippen molar-refractivity contribution in [1.29, 1.82) is 0 Å². The lowest BCUT2D eigenvalue weighted by atomic mass is 9.97. The zero-order valence-electron chi connectivity index (χ0n) is 18.2. The summed E-state index contributed by atoms with van der Waals surface area (Å²) in [5.41, 5.74) is 1.32. The van der Waals surface area contributed by atoms with E-state index in [2.05, 4.69) is 0 Å². The molecule has 1 fully saturated rings. The van der Waals surface area contributed by atoms with Crippen molar-refractivity contribution in [2.75, 3.05) is 19.7 Å². The Morgan fingerprint density at radius 3 is 2.61 bits per heavy atom. The van der Waals surface area contributed by atoms with Crippen molar-refractivity contribution in [1.82, 2.24) is 4.90 Å². The van der Waals surface area contributed by atoms with Crippen molar-refractivity contribution in [3.8, 4) is 0 Å². The van der Waals surface area contributed by atoms with Gasteiger partial charge in [-0.1, -0.05) is 18.2 Å². The largest absolute Gasteiger partial charge is 0.460 e. The van der Waals surface area contributed by atoms with Crippen LogP contribution in [0.5, 0.6) is 0 Å². The number of ether oxygens (including phenoxy) is 2. The van der Waals surface area contributed by atoms with E-state index in [-0.39, 0.29) is 31.4 Å². The number of hydrogen-bond acceptors (Lipinski definition) is 6. The van der Waals surface area contributed by atoms with Gasteiger partial charge in [0.15, 0.2) is 0 Å². The van der Waals surface area contributed by atoms with Crippen LogP contribution in [-0.2, 0) is 20.9 Å². The molecule has 1 unspecified atom stereocenters. The number of hydrogen-bond donors (Lipinski definition) is 0. The van der Waals surface area contributed by atoms with Crippen molar-refractivity contribution >= 4 is 28.8 Å². The quantitative estimate of drug-likeness (QED) is 0.516. The van der Waals surface area contributed by atoms with E-state index in [1.54, 1.807) is 36.1 Å². The lowest BCUT2D eigenvalue weighted by Gasteiger charge is -2.31. The molecule has 0 radical (unpaired) electrons. The first-order valence-corrected chi connectivity index (χ1v) is 10.9. The Kier molecular flexibility index (Phi) is 6.72. The number of halogens is 1. The molecule has 1 aromatic heterocycles. The van der Waals surface area contributed by atoms with Gasteiger partial charge in [-0.25, -0.2) is 9.18 Å². The summed E-state index contributed by atoms with van der Waals surface area (Å²) in [6.45, 7) is 2.47. The summed E-state index contributed by atoms with van der Waals surface area (Å²) >= 11 is 0. The minimum absolute atomic E-state index is 0.0163. The molecule has 172 valence electrons. The molecule has 2 heterocycles. The van der Waals surface area contributed by atoms with E-state index >= 15 is 0 Å². The Labute approximate surface area is 190 Å². The number of fused-ring (bicyclic) bond motifs is 1. The Bertz CT molecular complexity index is 1170. The summed E-state index contributed by atoms with van der Waals surface area (Å²) in [4.78, 5) is 39.5. The Hall–Kier alpha value is -3.68. The van der Waals surface area contributed by atoms with Crippen LogP contribution < -0.4 is 0 Å². The van der Waals surface area contributed by atoms with Gasteiger partial charge in [0.1, 0.15) is 18.0 Å². The topological polar surface area (TPSA) is 86.1 Å². The summed E-state index contributed by atoms with van der Waals surface area (Å²) in [6.07, 6.45) is 1.23. The molecular formula is C25H24FNO6. The Balaban J connectivity index is 1.45. The number of benzene rings is 2. The van der Waals surface area contributed by atoms with Crippen molar-refractivity contribution in [2.45, 2.75) is 26.4 Å². The van der Waals surface area contributed by atoms with Gasteiger partial charge in [0.05, 0.1) is 18.1 Å². The molecule has 2 aromatic carbocycles. The third kappa shape index (κ3) is 4.89. The number of rotatable bonds is 6. The molecule has 1 saturated heterocycles. The molecule has 4 rings (SSSR count). The fraction of sp³-hybridized carbons (Fsp3) is 0.320. The maximum Gasteiger partial charge on any atom is 0.374 e. The van der Waals surface area contributed by atoms with Crippen LogP contribution in [0.4, 0.5) is 4.39 Å².